The zero-order valence-corrected chi connectivity index (χ0v) is 45.2. The van der Waals surface area contributed by atoms with Gasteiger partial charge < -0.3 is 48.6 Å². The number of alkyl halides is 3. The molecular formula is C43H87Br3N6O6. The number of allylic oxidation sites excluding steroid dienone is 3. The zero-order valence-electron chi connectivity index (χ0n) is 40.4. The van der Waals surface area contributed by atoms with Crippen LogP contribution in [0.1, 0.15) is 172 Å². The first-order valence-corrected chi connectivity index (χ1v) is 22.1. The van der Waals surface area contributed by atoms with Crippen molar-refractivity contribution in [1.82, 2.24) is 0 Å². The van der Waals surface area contributed by atoms with E-state index in [1.165, 1.54) is 18.6 Å². The van der Waals surface area contributed by atoms with Crippen molar-refractivity contribution >= 4 is 65.7 Å². The van der Waals surface area contributed by atoms with E-state index in [1.807, 2.05) is 111 Å². The second kappa shape index (κ2) is 25.6. The summed E-state index contributed by atoms with van der Waals surface area (Å²) in [6.07, 6.45) is 5.96. The van der Waals surface area contributed by atoms with Crippen LogP contribution in [-0.2, 0) is 28.6 Å². The third-order valence-corrected chi connectivity index (χ3v) is 9.02. The quantitative estimate of drug-likeness (QED) is 0.0511. The minimum absolute atomic E-state index is 0.293. The van der Waals surface area contributed by atoms with E-state index in [0.717, 1.165) is 0 Å². The lowest BCUT2D eigenvalue weighted by Gasteiger charge is -2.36. The third kappa shape index (κ3) is 28.4. The lowest BCUT2D eigenvalue weighted by atomic mass is 9.79. The van der Waals surface area contributed by atoms with Gasteiger partial charge in [0, 0.05) is 51.9 Å². The highest BCUT2D eigenvalue weighted by Crippen LogP contribution is 2.38. The van der Waals surface area contributed by atoms with Crippen molar-refractivity contribution in [2.75, 3.05) is 0 Å². The Bertz CT molecular complexity index is 1190. The molecule has 12 nitrogen and oxygen atoms in total. The van der Waals surface area contributed by atoms with Crippen molar-refractivity contribution in [3.63, 3.8) is 0 Å². The largest absolute Gasteiger partial charge is 0.459 e. The van der Waals surface area contributed by atoms with Gasteiger partial charge in [-0.05, 0) is 102 Å². The molecule has 0 radical (unpaired) electrons. The fourth-order valence-corrected chi connectivity index (χ4v) is 5.64. The van der Waals surface area contributed by atoms with Crippen molar-refractivity contribution in [1.29, 1.82) is 0 Å². The second-order valence-corrected chi connectivity index (χ2v) is 24.9. The van der Waals surface area contributed by atoms with E-state index >= 15 is 0 Å². The molecule has 0 rings (SSSR count). The number of hydrogen-bond acceptors (Lipinski definition) is 12. The molecule has 0 fully saturated rings. The molecule has 0 aliphatic rings. The summed E-state index contributed by atoms with van der Waals surface area (Å²) in [7, 11) is 0. The molecule has 58 heavy (non-hydrogen) atoms. The first-order valence-electron chi connectivity index (χ1n) is 19.8. The van der Waals surface area contributed by atoms with Gasteiger partial charge in [0.2, 0.25) is 0 Å². The van der Waals surface area contributed by atoms with Crippen LogP contribution < -0.4 is 34.4 Å². The first kappa shape index (κ1) is 65.0. The van der Waals surface area contributed by atoms with Crippen molar-refractivity contribution < 1.29 is 28.6 Å². The number of esters is 3. The number of hydrogen-bond donors (Lipinski definition) is 6. The van der Waals surface area contributed by atoms with Crippen molar-refractivity contribution in [3.8, 4) is 0 Å². The number of rotatable bonds is 15. The van der Waals surface area contributed by atoms with E-state index < -0.39 is 29.8 Å². The van der Waals surface area contributed by atoms with Crippen LogP contribution in [0.5, 0.6) is 0 Å². The molecule has 0 aromatic rings. The lowest BCUT2D eigenvalue weighted by Crippen LogP contribution is -2.40. The molecule has 0 saturated heterocycles. The van der Waals surface area contributed by atoms with Gasteiger partial charge in [-0.2, -0.15) is 0 Å². The van der Waals surface area contributed by atoms with Gasteiger partial charge in [-0.3, -0.25) is 14.4 Å². The predicted octanol–water partition coefficient (Wildman–Crippen LogP) is 10.0. The Labute approximate surface area is 379 Å². The van der Waals surface area contributed by atoms with Crippen LogP contribution in [0.2, 0.25) is 0 Å². The molecule has 0 unspecified atom stereocenters. The molecule has 0 bridgehead atoms. The normalized spacial score (nSPS) is 13.7. The van der Waals surface area contributed by atoms with Gasteiger partial charge in [0.15, 0.2) is 0 Å². The van der Waals surface area contributed by atoms with Crippen LogP contribution in [0.25, 0.3) is 0 Å². The van der Waals surface area contributed by atoms with Gasteiger partial charge in [-0.15, -0.1) is 0 Å². The van der Waals surface area contributed by atoms with E-state index in [-0.39, 0.29) is 34.2 Å². The molecule has 0 aromatic heterocycles. The molecule has 0 atom stereocenters. The second-order valence-electron chi connectivity index (χ2n) is 18.9. The fraction of sp³-hybridized carbons (Fsp3) is 0.791. The summed E-state index contributed by atoms with van der Waals surface area (Å²) in [5, 5.41) is 0. The topological polar surface area (TPSA) is 235 Å². The van der Waals surface area contributed by atoms with Gasteiger partial charge in [0.1, 0.15) is 29.8 Å². The molecule has 0 heterocycles. The maximum Gasteiger partial charge on any atom is 0.322 e. The Balaban J connectivity index is -0.000000232. The Morgan fingerprint density at radius 3 is 0.638 bits per heavy atom. The smallest absolute Gasteiger partial charge is 0.322 e. The number of ether oxygens (including phenoxy) is 3. The fourth-order valence-electron chi connectivity index (χ4n) is 5.40. The van der Waals surface area contributed by atoms with E-state index in [2.05, 4.69) is 47.8 Å². The number of carbonyl (C=O) groups excluding carboxylic acids is 3. The molecule has 0 saturated carbocycles. The standard InChI is InChI=1S/3C13H25BrN2O2.2C2H6/c3*1-11(2,9(16)7-15)8-12(3,4)18-10(17)13(5,6)14;2*1-2/h3*7H,8,15-16H2,1-6H3;2*1-2H3/b3*9-7-;;. The summed E-state index contributed by atoms with van der Waals surface area (Å²) >= 11 is 9.86. The maximum absolute atomic E-state index is 11.9. The van der Waals surface area contributed by atoms with Gasteiger partial charge in [0.05, 0.1) is 0 Å². The monoisotopic (exact) mass is 1020 g/mol. The van der Waals surface area contributed by atoms with Crippen LogP contribution in [0.4, 0.5) is 0 Å². The number of halogens is 3. The molecule has 0 spiro atoms. The molecule has 12 N–H and O–H groups in total. The summed E-state index contributed by atoms with van der Waals surface area (Å²) in [6.45, 7) is 41.6. The van der Waals surface area contributed by atoms with Crippen LogP contribution >= 0.6 is 47.8 Å². The van der Waals surface area contributed by atoms with Gasteiger partial charge >= 0.3 is 17.9 Å². The predicted molar refractivity (Wildman–Crippen MR) is 257 cm³/mol. The Hall–Kier alpha value is -2.13. The number of carbonyl (C=O) groups is 3. The van der Waals surface area contributed by atoms with Crippen LogP contribution in [0.3, 0.4) is 0 Å². The summed E-state index contributed by atoms with van der Waals surface area (Å²) in [4.78, 5) is 35.6. The van der Waals surface area contributed by atoms with Gasteiger partial charge in [-0.25, -0.2) is 0 Å². The van der Waals surface area contributed by atoms with E-state index in [9.17, 15) is 14.4 Å². The summed E-state index contributed by atoms with van der Waals surface area (Å²) in [5.74, 6) is -0.879. The molecular weight excluding hydrogens is 936 g/mol. The SMILES string of the molecule is CC.CC.CC(C)(CC(C)(C)/C(N)=C/N)OC(=O)C(C)(C)Br.CC(C)(CC(C)(C)/C(N)=C/N)OC(=O)C(C)(C)Br.CC(C)(CC(C)(C)/C(N)=C/N)OC(=O)C(C)(C)Br. The van der Waals surface area contributed by atoms with E-state index in [0.29, 0.717) is 36.4 Å². The summed E-state index contributed by atoms with van der Waals surface area (Å²) < 4.78 is 14.5. The average molecular weight is 1020 g/mol. The first-order chi connectivity index (χ1) is 25.4. The Kier molecular flexibility index (Phi) is 28.7. The van der Waals surface area contributed by atoms with Crippen LogP contribution in [0, 0.1) is 16.2 Å². The molecule has 346 valence electrons. The van der Waals surface area contributed by atoms with Crippen molar-refractivity contribution in [3.05, 3.63) is 35.7 Å². The maximum atomic E-state index is 11.9. The van der Waals surface area contributed by atoms with Crippen LogP contribution in [-0.4, -0.2) is 47.7 Å². The van der Waals surface area contributed by atoms with Gasteiger partial charge in [0.25, 0.3) is 0 Å². The highest BCUT2D eigenvalue weighted by Gasteiger charge is 2.39. The van der Waals surface area contributed by atoms with Gasteiger partial charge in [-0.1, -0.05) is 117 Å². The molecule has 0 aromatic carbocycles. The lowest BCUT2D eigenvalue weighted by molar-refractivity contribution is -0.161. The van der Waals surface area contributed by atoms with Crippen LogP contribution in [0.15, 0.2) is 35.7 Å². The summed E-state index contributed by atoms with van der Waals surface area (Å²) in [6, 6.07) is 0. The van der Waals surface area contributed by atoms with Crippen molar-refractivity contribution in [2.24, 2.45) is 50.6 Å². The molecule has 0 aliphatic heterocycles. The van der Waals surface area contributed by atoms with Crippen molar-refractivity contribution in [2.45, 2.75) is 201 Å². The molecule has 0 amide bonds. The summed E-state index contributed by atoms with van der Waals surface area (Å²) in [5.41, 5.74) is 32.9. The average Bonchev–Trinajstić information content (AvgIpc) is 3.02. The highest BCUT2D eigenvalue weighted by molar-refractivity contribution is 9.10. The third-order valence-electron chi connectivity index (χ3n) is 8.05. The van der Waals surface area contributed by atoms with E-state index in [4.69, 9.17) is 48.6 Å². The molecule has 0 aliphatic carbocycles. The Morgan fingerprint density at radius 1 is 0.397 bits per heavy atom. The van der Waals surface area contributed by atoms with E-state index in [1.54, 1.807) is 41.5 Å². The zero-order chi connectivity index (χ0) is 48.3. The highest BCUT2D eigenvalue weighted by atomic mass is 79.9. The minimum Gasteiger partial charge on any atom is -0.459 e. The minimum atomic E-state index is -0.691. The Morgan fingerprint density at radius 2 is 0.534 bits per heavy atom. The molecule has 15 heteroatoms. The number of nitrogens with two attached hydrogens (primary N) is 6.